The van der Waals surface area contributed by atoms with Crippen LogP contribution >= 0.6 is 23.2 Å². The van der Waals surface area contributed by atoms with Crippen molar-refractivity contribution in [3.63, 3.8) is 0 Å². The predicted octanol–water partition coefficient (Wildman–Crippen LogP) is 3.94. The van der Waals surface area contributed by atoms with Crippen LogP contribution < -0.4 is 0 Å². The molecule has 0 amide bonds. The number of nitrogens with zero attached hydrogens (tertiary/aromatic N) is 3. The Morgan fingerprint density at radius 2 is 2.16 bits per heavy atom. The zero-order valence-electron chi connectivity index (χ0n) is 10.2. The van der Waals surface area contributed by atoms with Crippen LogP contribution in [0.3, 0.4) is 0 Å². The molecule has 0 atom stereocenters. The molecule has 0 spiro atoms. The van der Waals surface area contributed by atoms with Gasteiger partial charge >= 0.3 is 0 Å². The molecule has 0 radical (unpaired) electrons. The predicted molar refractivity (Wildman–Crippen MR) is 74.7 cm³/mol. The Morgan fingerprint density at radius 3 is 2.89 bits per heavy atom. The first-order valence-electron chi connectivity index (χ1n) is 5.92. The van der Waals surface area contributed by atoms with E-state index in [1.54, 1.807) is 6.07 Å². The number of benzene rings is 1. The van der Waals surface area contributed by atoms with Crippen LogP contribution in [0.25, 0.3) is 10.9 Å². The zero-order chi connectivity index (χ0) is 13.4. The molecule has 0 fully saturated rings. The van der Waals surface area contributed by atoms with Crippen LogP contribution in [-0.2, 0) is 13.0 Å². The molecule has 0 saturated carbocycles. The van der Waals surface area contributed by atoms with Crippen molar-refractivity contribution in [2.75, 3.05) is 0 Å². The highest BCUT2D eigenvalue weighted by Crippen LogP contribution is 2.28. The van der Waals surface area contributed by atoms with Crippen molar-refractivity contribution in [1.82, 2.24) is 14.7 Å². The van der Waals surface area contributed by atoms with E-state index in [0.717, 1.165) is 17.3 Å². The third-order valence-corrected chi connectivity index (χ3v) is 3.46. The maximum absolute atomic E-state index is 6.16. The number of aryl methyl sites for hydroxylation is 1. The lowest BCUT2D eigenvalue weighted by Crippen LogP contribution is -2.00. The third-order valence-electron chi connectivity index (χ3n) is 2.93. The van der Waals surface area contributed by atoms with Crippen molar-refractivity contribution in [3.05, 3.63) is 46.2 Å². The van der Waals surface area contributed by atoms with Gasteiger partial charge in [-0.25, -0.2) is 0 Å². The molecule has 0 aliphatic heterocycles. The standard InChI is InChI=1S/C13H11Cl2N3O/c1-2-13-16-12(17-19-13)7-18-4-3-9-10(15)5-8(14)6-11(9)18/h3-6H,2,7H2,1H3. The van der Waals surface area contributed by atoms with Crippen LogP contribution in [0.2, 0.25) is 10.0 Å². The summed E-state index contributed by atoms with van der Waals surface area (Å²) < 4.78 is 7.09. The highest BCUT2D eigenvalue weighted by molar-refractivity contribution is 6.38. The van der Waals surface area contributed by atoms with E-state index in [1.165, 1.54) is 0 Å². The first-order chi connectivity index (χ1) is 9.17. The van der Waals surface area contributed by atoms with E-state index in [1.807, 2.05) is 29.8 Å². The summed E-state index contributed by atoms with van der Waals surface area (Å²) in [7, 11) is 0. The number of hydrogen-bond acceptors (Lipinski definition) is 3. The van der Waals surface area contributed by atoms with Crippen LogP contribution in [-0.4, -0.2) is 14.7 Å². The molecule has 0 aliphatic carbocycles. The minimum absolute atomic E-state index is 0.531. The first-order valence-corrected chi connectivity index (χ1v) is 6.68. The molecular weight excluding hydrogens is 285 g/mol. The molecule has 0 saturated heterocycles. The largest absolute Gasteiger partial charge is 0.340 e. The SMILES string of the molecule is CCc1nc(Cn2ccc3c(Cl)cc(Cl)cc32)no1. The molecule has 0 bridgehead atoms. The maximum atomic E-state index is 6.16. The zero-order valence-corrected chi connectivity index (χ0v) is 11.7. The van der Waals surface area contributed by atoms with Gasteiger partial charge < -0.3 is 9.09 Å². The minimum Gasteiger partial charge on any atom is -0.340 e. The summed E-state index contributed by atoms with van der Waals surface area (Å²) in [4.78, 5) is 4.29. The fourth-order valence-corrected chi connectivity index (χ4v) is 2.55. The topological polar surface area (TPSA) is 43.9 Å². The van der Waals surface area contributed by atoms with Crippen LogP contribution in [0.5, 0.6) is 0 Å². The van der Waals surface area contributed by atoms with Gasteiger partial charge in [-0.15, -0.1) is 0 Å². The Balaban J connectivity index is 2.01. The van der Waals surface area contributed by atoms with Gasteiger partial charge in [-0.3, -0.25) is 0 Å². The molecular formula is C13H11Cl2N3O. The first kappa shape index (κ1) is 12.5. The Labute approximate surface area is 119 Å². The molecule has 4 nitrogen and oxygen atoms in total. The van der Waals surface area contributed by atoms with E-state index >= 15 is 0 Å². The molecule has 98 valence electrons. The smallest absolute Gasteiger partial charge is 0.226 e. The number of halogens is 2. The molecule has 6 heteroatoms. The second-order valence-electron chi connectivity index (χ2n) is 4.22. The Morgan fingerprint density at radius 1 is 1.32 bits per heavy atom. The Hall–Kier alpha value is -1.52. The summed E-state index contributed by atoms with van der Waals surface area (Å²) >= 11 is 12.2. The molecule has 0 unspecified atom stereocenters. The lowest BCUT2D eigenvalue weighted by molar-refractivity contribution is 0.375. The van der Waals surface area contributed by atoms with Gasteiger partial charge in [-0.2, -0.15) is 4.98 Å². The van der Waals surface area contributed by atoms with Crippen LogP contribution in [0.15, 0.2) is 28.9 Å². The van der Waals surface area contributed by atoms with Crippen molar-refractivity contribution in [3.8, 4) is 0 Å². The van der Waals surface area contributed by atoms with E-state index in [2.05, 4.69) is 10.1 Å². The fourth-order valence-electron chi connectivity index (χ4n) is 2.01. The van der Waals surface area contributed by atoms with E-state index in [0.29, 0.717) is 28.3 Å². The minimum atomic E-state index is 0.531. The van der Waals surface area contributed by atoms with E-state index in [-0.39, 0.29) is 0 Å². The van der Waals surface area contributed by atoms with E-state index in [4.69, 9.17) is 27.7 Å². The Kier molecular flexibility index (Phi) is 3.21. The average molecular weight is 296 g/mol. The summed E-state index contributed by atoms with van der Waals surface area (Å²) in [5.41, 5.74) is 0.959. The summed E-state index contributed by atoms with van der Waals surface area (Å²) in [6.45, 7) is 2.51. The van der Waals surface area contributed by atoms with Gasteiger partial charge in [0.05, 0.1) is 17.1 Å². The van der Waals surface area contributed by atoms with Crippen molar-refractivity contribution in [2.24, 2.45) is 0 Å². The van der Waals surface area contributed by atoms with Gasteiger partial charge in [-0.05, 0) is 18.2 Å². The van der Waals surface area contributed by atoms with E-state index in [9.17, 15) is 0 Å². The second kappa shape index (κ2) is 4.87. The van der Waals surface area contributed by atoms with Crippen molar-refractivity contribution in [1.29, 1.82) is 0 Å². The van der Waals surface area contributed by atoms with Gasteiger partial charge in [0, 0.05) is 23.0 Å². The van der Waals surface area contributed by atoms with Gasteiger partial charge in [-0.1, -0.05) is 35.3 Å². The highest BCUT2D eigenvalue weighted by atomic mass is 35.5. The summed E-state index contributed by atoms with van der Waals surface area (Å²) in [6.07, 6.45) is 2.67. The molecule has 1 aromatic carbocycles. The normalized spacial score (nSPS) is 11.3. The molecule has 2 heterocycles. The van der Waals surface area contributed by atoms with Crippen LogP contribution in [0.4, 0.5) is 0 Å². The van der Waals surface area contributed by atoms with Crippen molar-refractivity contribution >= 4 is 34.1 Å². The van der Waals surface area contributed by atoms with Crippen LogP contribution in [0.1, 0.15) is 18.6 Å². The van der Waals surface area contributed by atoms with Crippen molar-refractivity contribution in [2.45, 2.75) is 19.9 Å². The van der Waals surface area contributed by atoms with E-state index < -0.39 is 0 Å². The van der Waals surface area contributed by atoms with Gasteiger partial charge in [0.2, 0.25) is 5.89 Å². The van der Waals surface area contributed by atoms with Crippen molar-refractivity contribution < 1.29 is 4.52 Å². The Bertz CT molecular complexity index is 733. The molecule has 19 heavy (non-hydrogen) atoms. The molecule has 3 rings (SSSR count). The van der Waals surface area contributed by atoms with Crippen LogP contribution in [0, 0.1) is 0 Å². The highest BCUT2D eigenvalue weighted by Gasteiger charge is 2.10. The average Bonchev–Trinajstić information content (AvgIpc) is 2.97. The fraction of sp³-hybridized carbons (Fsp3) is 0.231. The third kappa shape index (κ3) is 2.33. The summed E-state index contributed by atoms with van der Waals surface area (Å²) in [6, 6.07) is 5.57. The maximum Gasteiger partial charge on any atom is 0.226 e. The second-order valence-corrected chi connectivity index (χ2v) is 5.07. The number of hydrogen-bond donors (Lipinski definition) is 0. The molecule has 2 aromatic heterocycles. The number of aromatic nitrogens is 3. The molecule has 3 aromatic rings. The lowest BCUT2D eigenvalue weighted by atomic mass is 10.2. The number of fused-ring (bicyclic) bond motifs is 1. The summed E-state index contributed by atoms with van der Waals surface area (Å²) in [5, 5.41) is 6.16. The lowest BCUT2D eigenvalue weighted by Gasteiger charge is -2.03. The molecule has 0 N–H and O–H groups in total. The van der Waals surface area contributed by atoms with Gasteiger partial charge in [0.25, 0.3) is 0 Å². The monoisotopic (exact) mass is 295 g/mol. The number of rotatable bonds is 3. The molecule has 0 aliphatic rings. The summed E-state index contributed by atoms with van der Waals surface area (Å²) in [5.74, 6) is 1.29. The quantitative estimate of drug-likeness (QED) is 0.735. The van der Waals surface area contributed by atoms with Gasteiger partial charge in [0.1, 0.15) is 0 Å². The van der Waals surface area contributed by atoms with Gasteiger partial charge in [0.15, 0.2) is 5.82 Å².